The molecule has 0 saturated carbocycles. The first-order valence-corrected chi connectivity index (χ1v) is 38.0. The quantitative estimate of drug-likeness (QED) is 0.0977. The first kappa shape index (κ1) is 73.3. The molecule has 3 unspecified atom stereocenters. The van der Waals surface area contributed by atoms with Crippen molar-refractivity contribution < 1.29 is 93.1 Å². The van der Waals surface area contributed by atoms with Crippen molar-refractivity contribution in [3.8, 4) is 0 Å². The molecule has 6 aromatic rings. The molecule has 6 aliphatic heterocycles. The second-order valence-electron chi connectivity index (χ2n) is 25.1. The van der Waals surface area contributed by atoms with E-state index in [0.29, 0.717) is 110 Å². The van der Waals surface area contributed by atoms with Gasteiger partial charge in [-0.15, -0.1) is 11.3 Å². The summed E-state index contributed by atoms with van der Waals surface area (Å²) in [7, 11) is -6.47. The number of aryl methyl sites for hydroxylation is 1. The Kier molecular flexibility index (Phi) is 21.7. The summed E-state index contributed by atoms with van der Waals surface area (Å²) in [6.45, 7) is 3.72. The van der Waals surface area contributed by atoms with E-state index in [1.807, 2.05) is 16.7 Å². The van der Waals surface area contributed by atoms with E-state index in [4.69, 9.17) is 0 Å². The van der Waals surface area contributed by atoms with Gasteiger partial charge in [0.15, 0.2) is 23.3 Å². The zero-order valence-electron chi connectivity index (χ0n) is 52.6. The van der Waals surface area contributed by atoms with Gasteiger partial charge in [0.2, 0.25) is 29.2 Å². The van der Waals surface area contributed by atoms with E-state index in [9.17, 15) is 84.1 Å². The highest BCUT2D eigenvalue weighted by molar-refractivity contribution is 8.00. The van der Waals surface area contributed by atoms with E-state index in [1.54, 1.807) is 6.20 Å². The molecule has 0 N–H and O–H groups in total. The average Bonchev–Trinajstić information content (AvgIpc) is 1.10. The number of aromatic nitrogens is 4. The lowest BCUT2D eigenvalue weighted by Crippen LogP contribution is -2.53. The van der Waals surface area contributed by atoms with Crippen molar-refractivity contribution in [2.24, 2.45) is 17.8 Å². The van der Waals surface area contributed by atoms with Crippen LogP contribution < -0.4 is 14.7 Å². The topological polar surface area (TPSA) is 200 Å². The fourth-order valence-corrected chi connectivity index (χ4v) is 18.5. The molecule has 6 aliphatic rings. The van der Waals surface area contributed by atoms with Gasteiger partial charge in [0.25, 0.3) is 0 Å². The van der Waals surface area contributed by atoms with Crippen LogP contribution in [-0.2, 0) is 61.5 Å². The van der Waals surface area contributed by atoms with E-state index in [1.165, 1.54) is 49.1 Å². The van der Waals surface area contributed by atoms with Crippen LogP contribution in [0, 0.1) is 47.9 Å². The molecule has 35 heteroatoms. The number of hydrogen-bond acceptors (Lipinski definition) is 16. The fourth-order valence-electron chi connectivity index (χ4n) is 12.7. The highest BCUT2D eigenvalue weighted by atomic mass is 32.2. The van der Waals surface area contributed by atoms with Crippen LogP contribution in [0.3, 0.4) is 0 Å². The monoisotopic (exact) mass is 1470 g/mol. The van der Waals surface area contributed by atoms with Crippen LogP contribution in [0.25, 0.3) is 0 Å². The molecule has 10 heterocycles. The van der Waals surface area contributed by atoms with Crippen molar-refractivity contribution in [2.75, 3.05) is 108 Å². The van der Waals surface area contributed by atoms with Crippen molar-refractivity contribution in [2.45, 2.75) is 82.1 Å². The summed E-state index contributed by atoms with van der Waals surface area (Å²) < 4.78 is 217. The van der Waals surface area contributed by atoms with Crippen LogP contribution in [-0.4, -0.2) is 176 Å². The number of piperazine rings is 3. The number of thiazole rings is 1. The molecule has 98 heavy (non-hydrogen) atoms. The molecule has 0 aliphatic carbocycles. The Balaban J connectivity index is 0.000000159. The highest BCUT2D eigenvalue weighted by Gasteiger charge is 2.44. The summed E-state index contributed by atoms with van der Waals surface area (Å²) in [5.41, 5.74) is -0.435. The molecule has 3 atom stereocenters. The van der Waals surface area contributed by atoms with Crippen molar-refractivity contribution in [1.29, 1.82) is 0 Å². The van der Waals surface area contributed by atoms with Crippen LogP contribution in [0.5, 0.6) is 0 Å². The number of alkyl halides is 9. The van der Waals surface area contributed by atoms with Crippen LogP contribution in [0.15, 0.2) is 82.1 Å². The molecule has 6 saturated heterocycles. The minimum absolute atomic E-state index is 0.0133. The Morgan fingerprint density at radius 1 is 0.490 bits per heavy atom. The van der Waals surface area contributed by atoms with E-state index < -0.39 is 105 Å². The van der Waals surface area contributed by atoms with E-state index in [2.05, 4.69) is 46.9 Å². The molecule has 3 amide bonds. The van der Waals surface area contributed by atoms with Crippen LogP contribution >= 0.6 is 11.3 Å². The van der Waals surface area contributed by atoms with Gasteiger partial charge in [-0.3, -0.25) is 27.0 Å². The molecule has 0 bridgehead atoms. The number of anilines is 3. The van der Waals surface area contributed by atoms with Gasteiger partial charge in [-0.2, -0.15) is 39.5 Å². The number of carbonyl (C=O) groups excluding carboxylic acids is 3. The smallest absolute Gasteiger partial charge is 0.352 e. The average molecular weight is 1470 g/mol. The molecule has 6 fully saturated rings. The lowest BCUT2D eigenvalue weighted by molar-refractivity contribution is -0.156. The summed E-state index contributed by atoms with van der Waals surface area (Å²) >= 11 is 1.51. The number of benzene rings is 2. The largest absolute Gasteiger partial charge is 0.452 e. The van der Waals surface area contributed by atoms with Crippen LogP contribution in [0.2, 0.25) is 0 Å². The molecular formula is C63H69F13N10O8S4. The number of pyridine rings is 1. The highest BCUT2D eigenvalue weighted by Crippen LogP contribution is 2.40. The molecule has 18 nitrogen and oxygen atoms in total. The molecule has 2 aromatic carbocycles. The number of rotatable bonds is 9. The van der Waals surface area contributed by atoms with Crippen LogP contribution in [0.1, 0.15) is 94.7 Å². The van der Waals surface area contributed by atoms with Gasteiger partial charge in [-0.05, 0) is 128 Å². The Morgan fingerprint density at radius 3 is 1.33 bits per heavy atom. The maximum absolute atomic E-state index is 14.7. The van der Waals surface area contributed by atoms with Crippen molar-refractivity contribution in [1.82, 2.24) is 35.0 Å². The third-order valence-electron chi connectivity index (χ3n) is 18.2. The van der Waals surface area contributed by atoms with Gasteiger partial charge in [-0.25, -0.2) is 27.5 Å². The fraction of sp³-hybridized carbons (Fsp3) is 0.492. The molecular weight excluding hydrogens is 1400 g/mol. The first-order valence-electron chi connectivity index (χ1n) is 31.0. The summed E-state index contributed by atoms with van der Waals surface area (Å²) in [5.74, 6) is 5.96. The summed E-state index contributed by atoms with van der Waals surface area (Å²) in [4.78, 5) is 59.3. The van der Waals surface area contributed by atoms with E-state index in [-0.39, 0.29) is 92.1 Å². The number of hydrogen-bond donors (Lipinski definition) is 0. The van der Waals surface area contributed by atoms with Gasteiger partial charge in [0, 0.05) is 152 Å². The molecule has 0 radical (unpaired) electrons. The minimum atomic E-state index is -4.71. The first-order chi connectivity index (χ1) is 45.9. The van der Waals surface area contributed by atoms with E-state index in [0.717, 1.165) is 52.5 Å². The second-order valence-corrected chi connectivity index (χ2v) is 34.6. The Bertz CT molecular complexity index is 4180. The number of nitrogens with zero attached hydrogens (tertiary/aromatic N) is 10. The summed E-state index contributed by atoms with van der Waals surface area (Å²) in [6, 6.07) is 8.24. The predicted molar refractivity (Wildman–Crippen MR) is 345 cm³/mol. The summed E-state index contributed by atoms with van der Waals surface area (Å²) in [5, 5.41) is 7.77. The van der Waals surface area contributed by atoms with Gasteiger partial charge in [0.05, 0.1) is 17.6 Å². The Labute approximate surface area is 560 Å². The number of halogens is 13. The Morgan fingerprint density at radius 2 is 0.929 bits per heavy atom. The van der Waals surface area contributed by atoms with Crippen molar-refractivity contribution >= 4 is 92.7 Å². The number of carbonyl (C=O) groups is 3. The lowest BCUT2D eigenvalue weighted by atomic mass is 9.96. The van der Waals surface area contributed by atoms with Crippen molar-refractivity contribution in [3.05, 3.63) is 134 Å². The van der Waals surface area contributed by atoms with Crippen LogP contribution in [0.4, 0.5) is 74.5 Å². The normalized spacial score (nSPS) is 26.6. The Hall–Kier alpha value is -7.40. The maximum Gasteiger partial charge on any atom is 0.452 e. The molecule has 534 valence electrons. The minimum Gasteiger partial charge on any atom is -0.352 e. The SMILES string of the molecule is C=S1(=O)CCC(C(=O)N2CCN(c3cc(C(F)(F)F)on3)CC2c2ccc(F)c(F)c2)CC1.C=S1(=O)CCC(C(=O)N2CCN(c3cc(C(F)(F)F)on3)CC2c2ccc(F)cc2F)CC1.C=S1(=O)CCC(C(=O)N2CCN(c3ccc(C(F)(F)F)cn3)CC2c2ncc(C)s2)CC1. The third kappa shape index (κ3) is 17.6. The van der Waals surface area contributed by atoms with Crippen molar-refractivity contribution in [3.63, 3.8) is 0 Å². The zero-order chi connectivity index (χ0) is 71.0. The van der Waals surface area contributed by atoms with Gasteiger partial charge < -0.3 is 38.4 Å². The lowest BCUT2D eigenvalue weighted by Gasteiger charge is -2.43. The summed E-state index contributed by atoms with van der Waals surface area (Å²) in [6.07, 6.45) is -8.53. The molecule has 0 spiro atoms. The van der Waals surface area contributed by atoms with Gasteiger partial charge >= 0.3 is 18.5 Å². The third-order valence-corrected chi connectivity index (χ3v) is 25.1. The number of amides is 3. The van der Waals surface area contributed by atoms with Gasteiger partial charge in [0.1, 0.15) is 28.5 Å². The molecule has 4 aromatic heterocycles. The predicted octanol–water partition coefficient (Wildman–Crippen LogP) is 10.4. The second kappa shape index (κ2) is 29.1. The van der Waals surface area contributed by atoms with Gasteiger partial charge in [-0.1, -0.05) is 22.4 Å². The molecule has 12 rings (SSSR count). The standard InChI is InChI=1S/2C21H22F5N3O3S.C21H25F3N4O2S2/c1-33(31)8-4-13(5-9-33)20(30)29-7-6-28(19-11-18(32-27-19)21(24,25)26)12-17(29)15-3-2-14(22)10-16(15)23;1-33(31)8-4-13(5-9-33)20(30)29-7-6-28(19-11-18(32-27-19)21(24,25)26)12-17(29)14-2-3-15(22)16(23)10-14;1-14-11-26-19(31-14)17-13-27(18-4-3-16(12-25-18)21(22,23)24)7-8-28(17)20(29)15-5-9-32(2,30)10-6-15/h2*2-3,10-11,13,17H,1,4-9,12H2;3-4,11-12,15,17H,2,5-10,13H2,1H3. The maximum atomic E-state index is 14.7. The van der Waals surface area contributed by atoms with E-state index >= 15 is 0 Å². The zero-order valence-corrected chi connectivity index (χ0v) is 55.9.